The van der Waals surface area contributed by atoms with E-state index in [1.165, 1.54) is 0 Å². The summed E-state index contributed by atoms with van der Waals surface area (Å²) in [5.41, 5.74) is 0.970. The SMILES string of the molecule is C#CCN1CC(=O)N2[C@@H](CCSC)C(=O)N(CC(C)C)C[C@@H]2N1C(=O)NCc1ccccc1. The molecule has 9 heteroatoms. The molecule has 0 aliphatic carbocycles. The molecule has 2 saturated heterocycles. The fourth-order valence-corrected chi connectivity index (χ4v) is 4.86. The first-order valence-corrected chi connectivity index (χ1v) is 12.6. The first kappa shape index (κ1) is 24.9. The lowest BCUT2D eigenvalue weighted by Crippen LogP contribution is -2.76. The summed E-state index contributed by atoms with van der Waals surface area (Å²) < 4.78 is 0. The third-order valence-corrected chi connectivity index (χ3v) is 6.42. The average Bonchev–Trinajstić information content (AvgIpc) is 2.78. The van der Waals surface area contributed by atoms with E-state index in [0.29, 0.717) is 19.5 Å². The van der Waals surface area contributed by atoms with Gasteiger partial charge in [0, 0.05) is 13.1 Å². The Morgan fingerprint density at radius 2 is 2.00 bits per heavy atom. The number of carbonyl (C=O) groups excluding carboxylic acids is 3. The predicted octanol–water partition coefficient (Wildman–Crippen LogP) is 1.84. The lowest BCUT2D eigenvalue weighted by molar-refractivity contribution is -0.189. The van der Waals surface area contributed by atoms with Crippen LogP contribution in [0.4, 0.5) is 4.79 Å². The van der Waals surface area contributed by atoms with Gasteiger partial charge in [-0.1, -0.05) is 50.1 Å². The van der Waals surface area contributed by atoms with Crippen LogP contribution in [0.1, 0.15) is 25.8 Å². The third-order valence-electron chi connectivity index (χ3n) is 5.78. The summed E-state index contributed by atoms with van der Waals surface area (Å²) in [6, 6.07) is 8.71. The Bertz CT molecular complexity index is 888. The van der Waals surface area contributed by atoms with Gasteiger partial charge in [0.2, 0.25) is 11.8 Å². The Kier molecular flexibility index (Phi) is 8.64. The van der Waals surface area contributed by atoms with Gasteiger partial charge in [-0.15, -0.1) is 6.42 Å². The molecule has 0 spiro atoms. The molecule has 4 amide bonds. The number of rotatable bonds is 8. The van der Waals surface area contributed by atoms with Crippen LogP contribution in [0.5, 0.6) is 0 Å². The molecule has 8 nitrogen and oxygen atoms in total. The zero-order chi connectivity index (χ0) is 24.0. The first-order valence-electron chi connectivity index (χ1n) is 11.3. The van der Waals surface area contributed by atoms with Crippen LogP contribution in [0, 0.1) is 18.3 Å². The fraction of sp³-hybridized carbons (Fsp3) is 0.542. The van der Waals surface area contributed by atoms with Crippen molar-refractivity contribution in [2.24, 2.45) is 5.92 Å². The van der Waals surface area contributed by atoms with Crippen LogP contribution < -0.4 is 5.32 Å². The summed E-state index contributed by atoms with van der Waals surface area (Å²) in [4.78, 5) is 43.3. The average molecular weight is 472 g/mol. The van der Waals surface area contributed by atoms with Crippen molar-refractivity contribution in [3.8, 4) is 12.3 Å². The van der Waals surface area contributed by atoms with Crippen molar-refractivity contribution in [3.05, 3.63) is 35.9 Å². The van der Waals surface area contributed by atoms with Crippen LogP contribution in [0.15, 0.2) is 30.3 Å². The maximum absolute atomic E-state index is 13.4. The molecule has 0 bridgehead atoms. The topological polar surface area (TPSA) is 76.2 Å². The van der Waals surface area contributed by atoms with E-state index in [9.17, 15) is 14.4 Å². The summed E-state index contributed by atoms with van der Waals surface area (Å²) >= 11 is 1.64. The molecule has 1 aromatic rings. The Morgan fingerprint density at radius 1 is 1.27 bits per heavy atom. The maximum Gasteiger partial charge on any atom is 0.334 e. The van der Waals surface area contributed by atoms with Gasteiger partial charge < -0.3 is 15.1 Å². The van der Waals surface area contributed by atoms with Gasteiger partial charge >= 0.3 is 6.03 Å². The Morgan fingerprint density at radius 3 is 2.64 bits per heavy atom. The van der Waals surface area contributed by atoms with Gasteiger partial charge in [0.25, 0.3) is 0 Å². The quantitative estimate of drug-likeness (QED) is 0.586. The highest BCUT2D eigenvalue weighted by Crippen LogP contribution is 2.28. The molecule has 0 aromatic heterocycles. The van der Waals surface area contributed by atoms with E-state index in [2.05, 4.69) is 25.1 Å². The number of amides is 4. The number of carbonyl (C=O) groups is 3. The van der Waals surface area contributed by atoms with Gasteiger partial charge in [-0.05, 0) is 29.9 Å². The van der Waals surface area contributed by atoms with Gasteiger partial charge in [-0.3, -0.25) is 9.59 Å². The van der Waals surface area contributed by atoms with Gasteiger partial charge in [0.15, 0.2) is 0 Å². The normalized spacial score (nSPS) is 21.2. The number of piperazine rings is 1. The number of nitrogens with one attached hydrogen (secondary N) is 1. The van der Waals surface area contributed by atoms with Crippen LogP contribution >= 0.6 is 11.8 Å². The van der Waals surface area contributed by atoms with E-state index < -0.39 is 12.2 Å². The van der Waals surface area contributed by atoms with Crippen molar-refractivity contribution < 1.29 is 14.4 Å². The van der Waals surface area contributed by atoms with E-state index in [0.717, 1.165) is 11.3 Å². The summed E-state index contributed by atoms with van der Waals surface area (Å²) in [5.74, 6) is 3.35. The van der Waals surface area contributed by atoms with Crippen molar-refractivity contribution in [1.29, 1.82) is 0 Å². The van der Waals surface area contributed by atoms with Crippen molar-refractivity contribution in [2.75, 3.05) is 38.2 Å². The summed E-state index contributed by atoms with van der Waals surface area (Å²) in [6.07, 6.45) is 7.49. The number of hydrazine groups is 1. The molecule has 178 valence electrons. The monoisotopic (exact) mass is 471 g/mol. The second-order valence-corrected chi connectivity index (χ2v) is 9.72. The minimum atomic E-state index is -0.598. The van der Waals surface area contributed by atoms with Crippen LogP contribution in [-0.2, 0) is 16.1 Å². The molecule has 0 unspecified atom stereocenters. The van der Waals surface area contributed by atoms with Crippen molar-refractivity contribution in [2.45, 2.75) is 39.0 Å². The van der Waals surface area contributed by atoms with Crippen molar-refractivity contribution in [3.63, 3.8) is 0 Å². The van der Waals surface area contributed by atoms with E-state index in [1.54, 1.807) is 31.6 Å². The second kappa shape index (κ2) is 11.4. The highest BCUT2D eigenvalue weighted by molar-refractivity contribution is 7.98. The maximum atomic E-state index is 13.4. The molecule has 1 N–H and O–H groups in total. The van der Waals surface area contributed by atoms with Crippen molar-refractivity contribution >= 4 is 29.6 Å². The number of hydrogen-bond donors (Lipinski definition) is 1. The van der Waals surface area contributed by atoms with Gasteiger partial charge in [-0.25, -0.2) is 9.80 Å². The minimum absolute atomic E-state index is 0.0350. The van der Waals surface area contributed by atoms with E-state index in [-0.39, 0.29) is 43.4 Å². The van der Waals surface area contributed by atoms with Crippen LogP contribution in [0.3, 0.4) is 0 Å². The second-order valence-electron chi connectivity index (χ2n) is 8.73. The zero-order valence-electron chi connectivity index (χ0n) is 19.6. The van der Waals surface area contributed by atoms with Crippen LogP contribution in [-0.4, -0.2) is 88.1 Å². The summed E-state index contributed by atoms with van der Waals surface area (Å²) in [5, 5.41) is 6.12. The summed E-state index contributed by atoms with van der Waals surface area (Å²) in [6.45, 7) is 5.38. The Balaban J connectivity index is 1.91. The number of thioether (sulfide) groups is 1. The Labute approximate surface area is 200 Å². The molecule has 33 heavy (non-hydrogen) atoms. The minimum Gasteiger partial charge on any atom is -0.337 e. The van der Waals surface area contributed by atoms with Gasteiger partial charge in [0.1, 0.15) is 12.2 Å². The molecule has 0 saturated carbocycles. The highest BCUT2D eigenvalue weighted by Gasteiger charge is 2.51. The molecule has 2 heterocycles. The molecular weight excluding hydrogens is 438 g/mol. The molecule has 2 atom stereocenters. The predicted molar refractivity (Wildman–Crippen MR) is 130 cm³/mol. The van der Waals surface area contributed by atoms with E-state index in [1.807, 2.05) is 36.6 Å². The fourth-order valence-electron chi connectivity index (χ4n) is 4.40. The first-order chi connectivity index (χ1) is 15.9. The standard InChI is InChI=1S/C24H33N5O3S/c1-5-12-27-17-22(30)28-20(11-13-33-4)23(31)26(15-18(2)3)16-21(28)29(27)24(32)25-14-19-9-7-6-8-10-19/h1,6-10,18,20-21H,11-17H2,2-4H3,(H,25,32)/t20-,21-/m0/s1. The number of hydrogen-bond acceptors (Lipinski definition) is 5. The number of benzene rings is 1. The number of terminal acetylenes is 1. The van der Waals surface area contributed by atoms with Crippen LogP contribution in [0.2, 0.25) is 0 Å². The molecule has 2 aliphatic rings. The van der Waals surface area contributed by atoms with Crippen molar-refractivity contribution in [1.82, 2.24) is 25.1 Å². The smallest absolute Gasteiger partial charge is 0.334 e. The largest absolute Gasteiger partial charge is 0.337 e. The number of fused-ring (bicyclic) bond motifs is 1. The number of urea groups is 1. The highest BCUT2D eigenvalue weighted by atomic mass is 32.2. The molecule has 1 aromatic carbocycles. The molecular formula is C24H33N5O3S. The Hall–Kier alpha value is -2.70. The molecule has 2 aliphatic heterocycles. The molecule has 0 radical (unpaired) electrons. The lowest BCUT2D eigenvalue weighted by Gasteiger charge is -2.55. The zero-order valence-corrected chi connectivity index (χ0v) is 20.4. The number of nitrogens with zero attached hydrogens (tertiary/aromatic N) is 4. The van der Waals surface area contributed by atoms with E-state index >= 15 is 0 Å². The van der Waals surface area contributed by atoms with Crippen LogP contribution in [0.25, 0.3) is 0 Å². The molecule has 2 fully saturated rings. The van der Waals surface area contributed by atoms with E-state index in [4.69, 9.17) is 6.42 Å². The van der Waals surface area contributed by atoms with Gasteiger partial charge in [-0.2, -0.15) is 16.8 Å². The lowest BCUT2D eigenvalue weighted by atomic mass is 10.0. The van der Waals surface area contributed by atoms with Gasteiger partial charge in [0.05, 0.1) is 19.6 Å². The third kappa shape index (κ3) is 5.81. The summed E-state index contributed by atoms with van der Waals surface area (Å²) in [7, 11) is 0. The molecule has 3 rings (SSSR count).